The summed E-state index contributed by atoms with van der Waals surface area (Å²) in [6.07, 6.45) is 14.3. The van der Waals surface area contributed by atoms with Crippen LogP contribution in [0.25, 0.3) is 0 Å². The van der Waals surface area contributed by atoms with Crippen molar-refractivity contribution < 1.29 is 9.42 Å². The lowest BCUT2D eigenvalue weighted by Gasteiger charge is -2.14. The van der Waals surface area contributed by atoms with E-state index in [4.69, 9.17) is 16.3 Å². The van der Waals surface area contributed by atoms with Crippen molar-refractivity contribution in [3.63, 3.8) is 0 Å². The van der Waals surface area contributed by atoms with E-state index < -0.39 is 5.69 Å². The Labute approximate surface area is 152 Å². The van der Waals surface area contributed by atoms with Crippen molar-refractivity contribution >= 4 is 29.7 Å². The van der Waals surface area contributed by atoms with Crippen LogP contribution in [-0.4, -0.2) is 4.89 Å². The highest BCUT2D eigenvalue weighted by molar-refractivity contribution is 8.59. The number of aryl methyl sites for hydroxylation is 1. The van der Waals surface area contributed by atoms with Crippen molar-refractivity contribution in [3.8, 4) is 5.75 Å². The molecule has 0 heterocycles. The van der Waals surface area contributed by atoms with Gasteiger partial charge in [0.15, 0.2) is 0 Å². The van der Waals surface area contributed by atoms with Gasteiger partial charge in [0, 0.05) is 0 Å². The van der Waals surface area contributed by atoms with Gasteiger partial charge in [0.05, 0.1) is 0 Å². The number of unbranched alkanes of at least 4 members (excludes halogenated alkanes) is 9. The van der Waals surface area contributed by atoms with Crippen LogP contribution >= 0.6 is 17.9 Å². The summed E-state index contributed by atoms with van der Waals surface area (Å²) in [6.45, 7) is 2.26. The lowest BCUT2D eigenvalue weighted by molar-refractivity contribution is 0.499. The topological polar surface area (TPSA) is 29.5 Å². The molecule has 0 aliphatic rings. The lowest BCUT2D eigenvalue weighted by Crippen LogP contribution is -1.93. The first-order chi connectivity index (χ1) is 11.0. The molecule has 0 aliphatic heterocycles. The summed E-state index contributed by atoms with van der Waals surface area (Å²) in [4.78, 5) is 9.61. The van der Waals surface area contributed by atoms with Crippen molar-refractivity contribution in [2.45, 2.75) is 77.6 Å². The van der Waals surface area contributed by atoms with Crippen LogP contribution in [0.15, 0.2) is 24.3 Å². The number of hydrogen-bond donors (Lipinski definition) is 2. The van der Waals surface area contributed by atoms with Gasteiger partial charge >= 0.3 is 0 Å². The summed E-state index contributed by atoms with van der Waals surface area (Å²) in [5, 5.41) is 0. The summed E-state index contributed by atoms with van der Waals surface area (Å²) < 4.78 is 5.42. The average Bonchev–Trinajstić information content (AvgIpc) is 2.49. The van der Waals surface area contributed by atoms with Gasteiger partial charge < -0.3 is 9.42 Å². The molecule has 1 unspecified atom stereocenters. The summed E-state index contributed by atoms with van der Waals surface area (Å²) in [7, 11) is 0. The Bertz CT molecular complexity index is 474. The molecular formula is C18H31O2PS2. The highest BCUT2D eigenvalue weighted by atomic mass is 32.9. The van der Waals surface area contributed by atoms with Crippen LogP contribution in [0.5, 0.6) is 5.75 Å². The summed E-state index contributed by atoms with van der Waals surface area (Å²) in [6, 6.07) is 7.80. The Hall–Kier alpha value is -0.0200. The molecule has 132 valence electrons. The molecular weight excluding hydrogens is 343 g/mol. The normalized spacial score (nSPS) is 13.7. The molecule has 2 nitrogen and oxygen atoms in total. The highest BCUT2D eigenvalue weighted by Crippen LogP contribution is 2.48. The van der Waals surface area contributed by atoms with Gasteiger partial charge in [0.1, 0.15) is 5.75 Å². The summed E-state index contributed by atoms with van der Waals surface area (Å²) in [5.41, 5.74) is -1.84. The molecule has 0 bridgehead atoms. The van der Waals surface area contributed by atoms with Crippen LogP contribution in [0.4, 0.5) is 0 Å². The van der Waals surface area contributed by atoms with E-state index in [1.165, 1.54) is 57.8 Å². The predicted molar refractivity (Wildman–Crippen MR) is 108 cm³/mol. The number of hydrogen-bond acceptors (Lipinski definition) is 2. The van der Waals surface area contributed by atoms with Crippen molar-refractivity contribution in [2.75, 3.05) is 0 Å². The van der Waals surface area contributed by atoms with E-state index in [1.807, 2.05) is 24.3 Å². The minimum Gasteiger partial charge on any atom is -0.436 e. The minimum absolute atomic E-state index is 0.684. The molecule has 0 spiro atoms. The van der Waals surface area contributed by atoms with Crippen molar-refractivity contribution in [3.05, 3.63) is 29.8 Å². The van der Waals surface area contributed by atoms with E-state index in [9.17, 15) is 4.89 Å². The quantitative estimate of drug-likeness (QED) is 0.229. The average molecular weight is 375 g/mol. The molecule has 23 heavy (non-hydrogen) atoms. The zero-order valence-corrected chi connectivity index (χ0v) is 16.9. The third kappa shape index (κ3) is 11.2. The third-order valence-corrected chi connectivity index (χ3v) is 4.89. The standard InChI is InChI=1S/C18H31O2PS2/c1-2-3-4-5-6-7-8-9-10-11-14-17-15-12-13-16-18(17)20-21(19,22)23/h12-13,15-16H,2-11,14H2,1H3,(H2,19,22,23). The number of thiol groups is 1. The fourth-order valence-electron chi connectivity index (χ4n) is 2.73. The van der Waals surface area contributed by atoms with Crippen LogP contribution in [0.3, 0.4) is 0 Å². The number of benzene rings is 1. The molecule has 1 aromatic carbocycles. The molecule has 0 radical (unpaired) electrons. The lowest BCUT2D eigenvalue weighted by atomic mass is 10.0. The largest absolute Gasteiger partial charge is 0.436 e. The monoisotopic (exact) mass is 374 g/mol. The molecule has 0 saturated heterocycles. The van der Waals surface area contributed by atoms with Crippen LogP contribution in [-0.2, 0) is 18.2 Å². The molecule has 0 fully saturated rings. The van der Waals surface area contributed by atoms with Gasteiger partial charge in [-0.2, -0.15) is 0 Å². The molecule has 0 aromatic heterocycles. The first-order valence-corrected chi connectivity index (χ1v) is 12.7. The zero-order chi connectivity index (χ0) is 17.0. The first-order valence-electron chi connectivity index (χ1n) is 8.86. The molecule has 1 N–H and O–H groups in total. The van der Waals surface area contributed by atoms with E-state index >= 15 is 0 Å². The first kappa shape index (κ1) is 21.0. The van der Waals surface area contributed by atoms with Crippen LogP contribution in [0.1, 0.15) is 76.7 Å². The molecule has 1 aromatic rings. The second kappa shape index (κ2) is 12.4. The Morgan fingerprint density at radius 1 is 0.957 bits per heavy atom. The maximum Gasteiger partial charge on any atom is 0.291 e. The van der Waals surface area contributed by atoms with Gasteiger partial charge in [-0.1, -0.05) is 95.2 Å². The van der Waals surface area contributed by atoms with E-state index in [1.54, 1.807) is 0 Å². The van der Waals surface area contributed by atoms with Crippen molar-refractivity contribution in [1.29, 1.82) is 0 Å². The van der Waals surface area contributed by atoms with E-state index in [0.29, 0.717) is 5.75 Å². The maximum absolute atomic E-state index is 9.61. The fourth-order valence-corrected chi connectivity index (χ4v) is 3.67. The van der Waals surface area contributed by atoms with Gasteiger partial charge in [-0.25, -0.2) is 0 Å². The van der Waals surface area contributed by atoms with E-state index in [2.05, 4.69) is 19.2 Å². The van der Waals surface area contributed by atoms with Gasteiger partial charge in [0.25, 0.3) is 5.69 Å². The predicted octanol–water partition coefficient (Wildman–Crippen LogP) is 6.68. The van der Waals surface area contributed by atoms with Crippen molar-refractivity contribution in [1.82, 2.24) is 0 Å². The van der Waals surface area contributed by atoms with Gasteiger partial charge in [-0.05, 0) is 36.3 Å². The van der Waals surface area contributed by atoms with Gasteiger partial charge in [-0.15, -0.1) is 0 Å². The smallest absolute Gasteiger partial charge is 0.291 e. The van der Waals surface area contributed by atoms with E-state index in [0.717, 1.165) is 18.4 Å². The minimum atomic E-state index is -2.95. The Balaban J connectivity index is 2.15. The SMILES string of the molecule is CCCCCCCCCCCCc1ccccc1OP(O)(=S)S. The second-order valence-electron chi connectivity index (χ2n) is 6.12. The molecule has 1 rings (SSSR count). The molecule has 0 amide bonds. The van der Waals surface area contributed by atoms with Crippen molar-refractivity contribution in [2.24, 2.45) is 0 Å². The number of para-hydroxylation sites is 1. The Morgan fingerprint density at radius 2 is 1.48 bits per heavy atom. The molecule has 1 atom stereocenters. The zero-order valence-electron chi connectivity index (χ0n) is 14.2. The van der Waals surface area contributed by atoms with Crippen LogP contribution in [0, 0.1) is 0 Å². The second-order valence-corrected chi connectivity index (χ2v) is 11.2. The third-order valence-electron chi connectivity index (χ3n) is 3.99. The highest BCUT2D eigenvalue weighted by Gasteiger charge is 2.11. The molecule has 5 heteroatoms. The van der Waals surface area contributed by atoms with Crippen LogP contribution in [0.2, 0.25) is 0 Å². The maximum atomic E-state index is 9.61. The Morgan fingerprint density at radius 3 is 2.04 bits per heavy atom. The molecule has 0 aliphatic carbocycles. The summed E-state index contributed by atoms with van der Waals surface area (Å²) in [5.74, 6) is 0.684. The summed E-state index contributed by atoms with van der Waals surface area (Å²) >= 11 is 8.81. The number of rotatable bonds is 13. The Kier molecular flexibility index (Phi) is 11.3. The van der Waals surface area contributed by atoms with E-state index in [-0.39, 0.29) is 0 Å². The van der Waals surface area contributed by atoms with Gasteiger partial charge in [-0.3, -0.25) is 0 Å². The molecule has 0 saturated carbocycles. The van der Waals surface area contributed by atoms with Gasteiger partial charge in [0.2, 0.25) is 0 Å². The van der Waals surface area contributed by atoms with Crippen LogP contribution < -0.4 is 4.52 Å². The fraction of sp³-hybridized carbons (Fsp3) is 0.667.